The Bertz CT molecular complexity index is 422. The second-order valence-corrected chi connectivity index (χ2v) is 3.85. The summed E-state index contributed by atoms with van der Waals surface area (Å²) >= 11 is 5.44. The zero-order valence-electron chi connectivity index (χ0n) is 7.69. The van der Waals surface area contributed by atoms with E-state index in [1.165, 1.54) is 6.07 Å². The molecule has 80 valence electrons. The van der Waals surface area contributed by atoms with Crippen molar-refractivity contribution in [2.24, 2.45) is 0 Å². The van der Waals surface area contributed by atoms with E-state index in [1.54, 1.807) is 0 Å². The Labute approximate surface area is 90.2 Å². The highest BCUT2D eigenvalue weighted by Crippen LogP contribution is 2.30. The van der Waals surface area contributed by atoms with E-state index in [0.717, 1.165) is 6.07 Å². The summed E-state index contributed by atoms with van der Waals surface area (Å²) < 4.78 is 26.4. The van der Waals surface area contributed by atoms with Crippen LogP contribution in [0.2, 0.25) is 5.02 Å². The Balaban J connectivity index is 2.37. The fraction of sp³-hybridized carbons (Fsp3) is 0.300. The molecule has 5 heteroatoms. The summed E-state index contributed by atoms with van der Waals surface area (Å²) in [4.78, 5) is 10.9. The minimum atomic E-state index is -0.782. The van der Waals surface area contributed by atoms with Crippen molar-refractivity contribution in [3.05, 3.63) is 34.4 Å². The van der Waals surface area contributed by atoms with Gasteiger partial charge in [0.2, 0.25) is 5.91 Å². The van der Waals surface area contributed by atoms with E-state index in [9.17, 15) is 13.6 Å². The smallest absolute Gasteiger partial charge is 0.220 e. The SMILES string of the molecule is O=C1CC(c2ccc(F)c(Cl)c2F)CN1. The largest absolute Gasteiger partial charge is 0.355 e. The predicted molar refractivity (Wildman–Crippen MR) is 51.7 cm³/mol. The molecule has 2 nitrogen and oxygen atoms in total. The molecule has 0 spiro atoms. The summed E-state index contributed by atoms with van der Waals surface area (Å²) in [6.07, 6.45) is 0.221. The number of benzene rings is 1. The first-order valence-corrected chi connectivity index (χ1v) is 4.87. The van der Waals surface area contributed by atoms with E-state index >= 15 is 0 Å². The van der Waals surface area contributed by atoms with Crippen molar-refractivity contribution in [2.75, 3.05) is 6.54 Å². The summed E-state index contributed by atoms with van der Waals surface area (Å²) in [6, 6.07) is 2.45. The first-order valence-electron chi connectivity index (χ1n) is 4.49. The van der Waals surface area contributed by atoms with E-state index in [-0.39, 0.29) is 18.2 Å². The van der Waals surface area contributed by atoms with E-state index in [0.29, 0.717) is 12.1 Å². The van der Waals surface area contributed by atoms with Crippen molar-refractivity contribution < 1.29 is 13.6 Å². The number of halogens is 3. The molecule has 0 aliphatic carbocycles. The second kappa shape index (κ2) is 3.77. The number of hydrogen-bond donors (Lipinski definition) is 1. The highest BCUT2D eigenvalue weighted by Gasteiger charge is 2.26. The van der Waals surface area contributed by atoms with Gasteiger partial charge < -0.3 is 5.32 Å². The summed E-state index contributed by atoms with van der Waals surface area (Å²) in [7, 11) is 0. The predicted octanol–water partition coefficient (Wildman–Crippen LogP) is 2.22. The van der Waals surface area contributed by atoms with Crippen molar-refractivity contribution in [1.82, 2.24) is 5.32 Å². The maximum absolute atomic E-state index is 13.5. The quantitative estimate of drug-likeness (QED) is 0.738. The van der Waals surface area contributed by atoms with E-state index in [4.69, 9.17) is 11.6 Å². The van der Waals surface area contributed by atoms with Crippen LogP contribution in [0.1, 0.15) is 17.9 Å². The number of rotatable bonds is 1. The van der Waals surface area contributed by atoms with Gasteiger partial charge in [-0.05, 0) is 11.6 Å². The molecule has 0 aromatic heterocycles. The summed E-state index contributed by atoms with van der Waals surface area (Å²) in [5.74, 6) is -1.93. The van der Waals surface area contributed by atoms with Crippen LogP contribution in [0.15, 0.2) is 12.1 Å². The molecule has 1 fully saturated rings. The summed E-state index contributed by atoms with van der Waals surface area (Å²) in [5, 5.41) is 2.08. The lowest BCUT2D eigenvalue weighted by Gasteiger charge is -2.10. The molecule has 1 aromatic rings. The van der Waals surface area contributed by atoms with E-state index in [2.05, 4.69) is 5.32 Å². The van der Waals surface area contributed by atoms with Gasteiger partial charge in [-0.2, -0.15) is 0 Å². The molecule has 1 aliphatic rings. The van der Waals surface area contributed by atoms with Crippen LogP contribution in [0, 0.1) is 11.6 Å². The number of carbonyl (C=O) groups excluding carboxylic acids is 1. The molecule has 2 rings (SSSR count). The molecule has 0 bridgehead atoms. The van der Waals surface area contributed by atoms with Gasteiger partial charge in [0.05, 0.1) is 0 Å². The van der Waals surface area contributed by atoms with Crippen molar-refractivity contribution in [2.45, 2.75) is 12.3 Å². The van der Waals surface area contributed by atoms with Gasteiger partial charge in [-0.1, -0.05) is 17.7 Å². The molecule has 1 saturated heterocycles. The monoisotopic (exact) mass is 231 g/mol. The standard InChI is InChI=1S/C10H8ClF2NO/c11-9-7(12)2-1-6(10(9)13)5-3-8(15)14-4-5/h1-2,5H,3-4H2,(H,14,15). The maximum atomic E-state index is 13.5. The number of carbonyl (C=O) groups is 1. The second-order valence-electron chi connectivity index (χ2n) is 3.47. The summed E-state index contributed by atoms with van der Waals surface area (Å²) in [5.41, 5.74) is 0.291. The van der Waals surface area contributed by atoms with Crippen molar-refractivity contribution >= 4 is 17.5 Å². The zero-order chi connectivity index (χ0) is 11.0. The van der Waals surface area contributed by atoms with Crippen LogP contribution >= 0.6 is 11.6 Å². The highest BCUT2D eigenvalue weighted by atomic mass is 35.5. The number of nitrogens with one attached hydrogen (secondary N) is 1. The Morgan fingerprint density at radius 2 is 2.13 bits per heavy atom. The molecule has 0 radical (unpaired) electrons. The third-order valence-electron chi connectivity index (χ3n) is 2.48. The van der Waals surface area contributed by atoms with Crippen molar-refractivity contribution in [3.8, 4) is 0 Å². The van der Waals surface area contributed by atoms with Gasteiger partial charge in [0, 0.05) is 18.9 Å². The van der Waals surface area contributed by atoms with Gasteiger partial charge in [-0.15, -0.1) is 0 Å². The zero-order valence-corrected chi connectivity index (χ0v) is 8.44. The molecule has 15 heavy (non-hydrogen) atoms. The molecule has 1 N–H and O–H groups in total. The van der Waals surface area contributed by atoms with Crippen LogP contribution in [0.3, 0.4) is 0 Å². The van der Waals surface area contributed by atoms with Gasteiger partial charge in [-0.25, -0.2) is 8.78 Å². The Morgan fingerprint density at radius 3 is 2.73 bits per heavy atom. The lowest BCUT2D eigenvalue weighted by atomic mass is 9.98. The molecule has 0 saturated carbocycles. The number of hydrogen-bond acceptors (Lipinski definition) is 1. The minimum absolute atomic E-state index is 0.125. The summed E-state index contributed by atoms with van der Waals surface area (Å²) in [6.45, 7) is 0.373. The van der Waals surface area contributed by atoms with Gasteiger partial charge >= 0.3 is 0 Å². The minimum Gasteiger partial charge on any atom is -0.355 e. The molecule has 1 aromatic carbocycles. The lowest BCUT2D eigenvalue weighted by molar-refractivity contribution is -0.119. The third kappa shape index (κ3) is 1.81. The molecule has 1 aliphatic heterocycles. The van der Waals surface area contributed by atoms with Crippen LogP contribution in [0.4, 0.5) is 8.78 Å². The topological polar surface area (TPSA) is 29.1 Å². The average Bonchev–Trinajstić information content (AvgIpc) is 2.61. The van der Waals surface area contributed by atoms with Gasteiger partial charge in [-0.3, -0.25) is 4.79 Å². The molecule has 1 amide bonds. The van der Waals surface area contributed by atoms with Gasteiger partial charge in [0.1, 0.15) is 16.7 Å². The van der Waals surface area contributed by atoms with Gasteiger partial charge in [0.25, 0.3) is 0 Å². The van der Waals surface area contributed by atoms with E-state index in [1.807, 2.05) is 0 Å². The lowest BCUT2D eigenvalue weighted by Crippen LogP contribution is -2.13. The molecule has 1 atom stereocenters. The first kappa shape index (κ1) is 10.4. The van der Waals surface area contributed by atoms with Crippen LogP contribution in [0.25, 0.3) is 0 Å². The van der Waals surface area contributed by atoms with Crippen molar-refractivity contribution in [3.63, 3.8) is 0 Å². The average molecular weight is 232 g/mol. The maximum Gasteiger partial charge on any atom is 0.220 e. The first-order chi connectivity index (χ1) is 7.09. The fourth-order valence-electron chi connectivity index (χ4n) is 1.68. The van der Waals surface area contributed by atoms with Crippen LogP contribution in [-0.2, 0) is 4.79 Å². The molecule has 1 heterocycles. The van der Waals surface area contributed by atoms with Crippen LogP contribution in [-0.4, -0.2) is 12.5 Å². The van der Waals surface area contributed by atoms with E-state index < -0.39 is 16.7 Å². The Morgan fingerprint density at radius 1 is 1.40 bits per heavy atom. The normalized spacial score (nSPS) is 20.5. The molecular weight excluding hydrogens is 224 g/mol. The van der Waals surface area contributed by atoms with Crippen LogP contribution < -0.4 is 5.32 Å². The van der Waals surface area contributed by atoms with Gasteiger partial charge in [0.15, 0.2) is 0 Å². The molecule has 1 unspecified atom stereocenters. The van der Waals surface area contributed by atoms with Crippen molar-refractivity contribution in [1.29, 1.82) is 0 Å². The Hall–Kier alpha value is -1.16. The van der Waals surface area contributed by atoms with Crippen LogP contribution in [0.5, 0.6) is 0 Å². The molecular formula is C10H8ClF2NO. The number of amides is 1. The Kier molecular flexibility index (Phi) is 2.61. The highest BCUT2D eigenvalue weighted by molar-refractivity contribution is 6.31. The third-order valence-corrected chi connectivity index (χ3v) is 2.83. The fourth-order valence-corrected chi connectivity index (χ4v) is 1.85.